The first-order valence-electron chi connectivity index (χ1n) is 6.39. The average Bonchev–Trinajstić information content (AvgIpc) is 2.45. The molecule has 0 atom stereocenters. The lowest BCUT2D eigenvalue weighted by atomic mass is 10.1. The molecule has 2 aromatic rings. The lowest BCUT2D eigenvalue weighted by molar-refractivity contribution is 0.300. The number of halogens is 1. The number of rotatable bonds is 3. The van der Waals surface area contributed by atoms with Gasteiger partial charge in [0.1, 0.15) is 12.4 Å². The van der Waals surface area contributed by atoms with Crippen molar-refractivity contribution in [1.29, 1.82) is 0 Å². The molecule has 0 N–H and O–H groups in total. The molecule has 3 heteroatoms. The van der Waals surface area contributed by atoms with Crippen molar-refractivity contribution in [2.24, 2.45) is 0 Å². The number of hydrogen-bond acceptors (Lipinski definition) is 2. The van der Waals surface area contributed by atoms with E-state index in [2.05, 4.69) is 16.8 Å². The Hall–Kier alpha value is -1.98. The molecule has 0 aliphatic rings. The first-order chi connectivity index (χ1) is 9.70. The molecular formula is C17H16ClNO. The van der Waals surface area contributed by atoms with Crippen LogP contribution in [-0.4, -0.2) is 10.9 Å². The predicted octanol–water partition coefficient (Wildman–Crippen LogP) is 3.87. The fourth-order valence-corrected chi connectivity index (χ4v) is 1.88. The van der Waals surface area contributed by atoms with Crippen LogP contribution < -0.4 is 4.74 Å². The maximum absolute atomic E-state index is 5.78. The van der Waals surface area contributed by atoms with E-state index in [1.54, 1.807) is 6.20 Å². The van der Waals surface area contributed by atoms with Gasteiger partial charge in [-0.05, 0) is 49.2 Å². The third-order valence-electron chi connectivity index (χ3n) is 2.98. The predicted molar refractivity (Wildman–Crippen MR) is 82.1 cm³/mol. The summed E-state index contributed by atoms with van der Waals surface area (Å²) < 4.78 is 5.78. The molecular weight excluding hydrogens is 270 g/mol. The molecule has 0 spiro atoms. The van der Waals surface area contributed by atoms with Gasteiger partial charge in [0.2, 0.25) is 0 Å². The van der Waals surface area contributed by atoms with Crippen molar-refractivity contribution in [2.45, 2.75) is 20.5 Å². The van der Waals surface area contributed by atoms with Crippen molar-refractivity contribution in [3.63, 3.8) is 0 Å². The van der Waals surface area contributed by atoms with Crippen LogP contribution in [0.5, 0.6) is 5.75 Å². The molecule has 1 heterocycles. The molecule has 0 saturated carbocycles. The number of alkyl halides is 1. The van der Waals surface area contributed by atoms with Crippen LogP contribution in [0, 0.1) is 25.7 Å². The molecule has 102 valence electrons. The monoisotopic (exact) mass is 285 g/mol. The van der Waals surface area contributed by atoms with Crippen molar-refractivity contribution >= 4 is 11.6 Å². The second kappa shape index (κ2) is 6.98. The molecule has 2 rings (SSSR count). The summed E-state index contributed by atoms with van der Waals surface area (Å²) in [7, 11) is 0. The van der Waals surface area contributed by atoms with Gasteiger partial charge in [-0.3, -0.25) is 4.98 Å². The number of aromatic nitrogens is 1. The highest BCUT2D eigenvalue weighted by Gasteiger charge is 2.02. The van der Waals surface area contributed by atoms with Crippen LogP contribution in [0.1, 0.15) is 22.4 Å². The number of benzene rings is 1. The summed E-state index contributed by atoms with van der Waals surface area (Å²) in [6.07, 6.45) is 1.78. The maximum Gasteiger partial charge on any atom is 0.130 e. The Balaban J connectivity index is 2.08. The Morgan fingerprint density at radius 1 is 1.20 bits per heavy atom. The molecule has 0 aliphatic carbocycles. The summed E-state index contributed by atoms with van der Waals surface area (Å²) in [5, 5.41) is 0. The molecule has 0 saturated heterocycles. The minimum atomic E-state index is 0.344. The van der Waals surface area contributed by atoms with Crippen LogP contribution in [0.2, 0.25) is 0 Å². The SMILES string of the molecule is Cc1cc(OCc2ncccc2C)ccc1C#CCCl. The summed E-state index contributed by atoms with van der Waals surface area (Å²) >= 11 is 5.56. The van der Waals surface area contributed by atoms with Gasteiger partial charge in [0.25, 0.3) is 0 Å². The highest BCUT2D eigenvalue weighted by Crippen LogP contribution is 2.18. The zero-order chi connectivity index (χ0) is 14.4. The van der Waals surface area contributed by atoms with Crippen LogP contribution >= 0.6 is 11.6 Å². The second-order valence-electron chi connectivity index (χ2n) is 4.47. The van der Waals surface area contributed by atoms with E-state index < -0.39 is 0 Å². The quantitative estimate of drug-likeness (QED) is 0.631. The summed E-state index contributed by atoms with van der Waals surface area (Å²) in [5.41, 5.74) is 4.15. The number of ether oxygens (including phenoxy) is 1. The maximum atomic E-state index is 5.78. The normalized spacial score (nSPS) is 9.75. The summed E-state index contributed by atoms with van der Waals surface area (Å²) in [4.78, 5) is 4.31. The summed E-state index contributed by atoms with van der Waals surface area (Å²) in [6.45, 7) is 4.51. The standard InChI is InChI=1S/C17H16ClNO/c1-13-5-4-10-19-17(13)12-20-16-8-7-15(6-3-9-18)14(2)11-16/h4-5,7-8,10-11H,9,12H2,1-2H3. The van der Waals surface area contributed by atoms with Crippen LogP contribution in [-0.2, 0) is 6.61 Å². The number of pyridine rings is 1. The Labute approximate surface area is 124 Å². The molecule has 0 fully saturated rings. The molecule has 20 heavy (non-hydrogen) atoms. The van der Waals surface area contributed by atoms with E-state index in [1.807, 2.05) is 44.2 Å². The molecule has 0 unspecified atom stereocenters. The van der Waals surface area contributed by atoms with Gasteiger partial charge in [0, 0.05) is 11.8 Å². The topological polar surface area (TPSA) is 22.1 Å². The molecule has 1 aromatic heterocycles. The van der Waals surface area contributed by atoms with E-state index in [-0.39, 0.29) is 0 Å². The van der Waals surface area contributed by atoms with E-state index in [9.17, 15) is 0 Å². The third kappa shape index (κ3) is 3.76. The first kappa shape index (κ1) is 14.4. The van der Waals surface area contributed by atoms with Gasteiger partial charge in [-0.2, -0.15) is 0 Å². The van der Waals surface area contributed by atoms with Crippen molar-refractivity contribution in [3.8, 4) is 17.6 Å². The van der Waals surface area contributed by atoms with Gasteiger partial charge in [0.15, 0.2) is 0 Å². The van der Waals surface area contributed by atoms with Crippen molar-refractivity contribution < 1.29 is 4.74 Å². The molecule has 0 bridgehead atoms. The zero-order valence-electron chi connectivity index (χ0n) is 11.6. The van der Waals surface area contributed by atoms with E-state index >= 15 is 0 Å². The average molecular weight is 286 g/mol. The Kier molecular flexibility index (Phi) is 5.03. The van der Waals surface area contributed by atoms with E-state index in [1.165, 1.54) is 0 Å². The van der Waals surface area contributed by atoms with Crippen molar-refractivity contribution in [1.82, 2.24) is 4.98 Å². The summed E-state index contributed by atoms with van der Waals surface area (Å²) in [5.74, 6) is 7.04. The van der Waals surface area contributed by atoms with Gasteiger partial charge in [-0.1, -0.05) is 17.9 Å². The lowest BCUT2D eigenvalue weighted by Crippen LogP contribution is -2.00. The van der Waals surface area contributed by atoms with Gasteiger partial charge in [0.05, 0.1) is 11.6 Å². The largest absolute Gasteiger partial charge is 0.487 e. The third-order valence-corrected chi connectivity index (χ3v) is 3.11. The summed E-state index contributed by atoms with van der Waals surface area (Å²) in [6, 6.07) is 9.81. The van der Waals surface area contributed by atoms with Gasteiger partial charge >= 0.3 is 0 Å². The van der Waals surface area contributed by atoms with Gasteiger partial charge in [-0.25, -0.2) is 0 Å². The minimum Gasteiger partial charge on any atom is -0.487 e. The van der Waals surface area contributed by atoms with Crippen molar-refractivity contribution in [2.75, 3.05) is 5.88 Å². The molecule has 0 radical (unpaired) electrons. The minimum absolute atomic E-state index is 0.344. The molecule has 1 aromatic carbocycles. The van der Waals surface area contributed by atoms with Crippen LogP contribution in [0.3, 0.4) is 0 Å². The Bertz CT molecular complexity index is 656. The van der Waals surface area contributed by atoms with Crippen LogP contribution in [0.4, 0.5) is 0 Å². The molecule has 2 nitrogen and oxygen atoms in total. The number of hydrogen-bond donors (Lipinski definition) is 0. The number of aryl methyl sites for hydroxylation is 2. The first-order valence-corrected chi connectivity index (χ1v) is 6.93. The molecule has 0 aliphatic heterocycles. The van der Waals surface area contributed by atoms with Crippen LogP contribution in [0.25, 0.3) is 0 Å². The Morgan fingerprint density at radius 2 is 2.05 bits per heavy atom. The van der Waals surface area contributed by atoms with Gasteiger partial charge < -0.3 is 4.74 Å². The number of nitrogens with zero attached hydrogens (tertiary/aromatic N) is 1. The zero-order valence-corrected chi connectivity index (χ0v) is 12.4. The van der Waals surface area contributed by atoms with E-state index in [0.29, 0.717) is 12.5 Å². The van der Waals surface area contributed by atoms with E-state index in [0.717, 1.165) is 28.1 Å². The molecule has 0 amide bonds. The fourth-order valence-electron chi connectivity index (χ4n) is 1.82. The van der Waals surface area contributed by atoms with E-state index in [4.69, 9.17) is 16.3 Å². The smallest absolute Gasteiger partial charge is 0.130 e. The van der Waals surface area contributed by atoms with Crippen LogP contribution in [0.15, 0.2) is 36.5 Å². The highest BCUT2D eigenvalue weighted by atomic mass is 35.5. The van der Waals surface area contributed by atoms with Crippen molar-refractivity contribution in [3.05, 3.63) is 58.9 Å². The fraction of sp³-hybridized carbons (Fsp3) is 0.235. The highest BCUT2D eigenvalue weighted by molar-refractivity contribution is 6.19. The second-order valence-corrected chi connectivity index (χ2v) is 4.74. The Morgan fingerprint density at radius 3 is 2.75 bits per heavy atom. The lowest BCUT2D eigenvalue weighted by Gasteiger charge is -2.09. The van der Waals surface area contributed by atoms with Gasteiger partial charge in [-0.15, -0.1) is 11.6 Å².